The fraction of sp³-hybridized carbons (Fsp3) is 0.600. The topological polar surface area (TPSA) is 38.0 Å². The van der Waals surface area contributed by atoms with Crippen molar-refractivity contribution in [1.29, 1.82) is 0 Å². The van der Waals surface area contributed by atoms with Crippen LogP contribution in [0.25, 0.3) is 0 Å². The van der Waals surface area contributed by atoms with Crippen LogP contribution in [0.5, 0.6) is 0 Å². The molecule has 0 amide bonds. The Kier molecular flexibility index (Phi) is 6.23. The van der Waals surface area contributed by atoms with Crippen LogP contribution in [0.4, 0.5) is 0 Å². The molecule has 0 heterocycles. The fourth-order valence-corrected chi connectivity index (χ4v) is 2.42. The van der Waals surface area contributed by atoms with Crippen molar-refractivity contribution >= 4 is 0 Å². The van der Waals surface area contributed by atoms with Crippen molar-refractivity contribution in [3.63, 3.8) is 0 Å². The lowest BCUT2D eigenvalue weighted by Crippen LogP contribution is -2.50. The molecule has 0 spiro atoms. The first-order valence-corrected chi connectivity index (χ1v) is 6.75. The second-order valence-electron chi connectivity index (χ2n) is 4.82. The first-order valence-electron chi connectivity index (χ1n) is 6.75. The van der Waals surface area contributed by atoms with Crippen LogP contribution in [-0.4, -0.2) is 12.1 Å². The molecule has 17 heavy (non-hydrogen) atoms. The highest BCUT2D eigenvalue weighted by Crippen LogP contribution is 2.19. The standard InChI is InChI=1S/C15H26N2/c1-3-10-15(13-16,11-4-2)17-12-14-8-6-5-7-9-14/h5-9,17H,3-4,10-13,16H2,1-2H3. The fourth-order valence-electron chi connectivity index (χ4n) is 2.42. The van der Waals surface area contributed by atoms with Crippen molar-refractivity contribution in [3.05, 3.63) is 35.9 Å². The zero-order valence-corrected chi connectivity index (χ0v) is 11.2. The highest BCUT2D eigenvalue weighted by atomic mass is 15.0. The number of nitrogens with two attached hydrogens (primary N) is 1. The zero-order valence-electron chi connectivity index (χ0n) is 11.2. The Labute approximate surface area is 106 Å². The van der Waals surface area contributed by atoms with Crippen molar-refractivity contribution < 1.29 is 0 Å². The molecule has 0 aliphatic carbocycles. The minimum Gasteiger partial charge on any atom is -0.329 e. The molecule has 96 valence electrons. The van der Waals surface area contributed by atoms with E-state index in [0.29, 0.717) is 0 Å². The molecule has 1 aromatic rings. The Bertz CT molecular complexity index is 289. The highest BCUT2D eigenvalue weighted by Gasteiger charge is 2.25. The van der Waals surface area contributed by atoms with E-state index in [9.17, 15) is 0 Å². The highest BCUT2D eigenvalue weighted by molar-refractivity contribution is 5.14. The van der Waals surface area contributed by atoms with Gasteiger partial charge in [-0.15, -0.1) is 0 Å². The zero-order chi connectivity index (χ0) is 12.6. The second-order valence-corrected chi connectivity index (χ2v) is 4.82. The normalized spacial score (nSPS) is 11.7. The van der Waals surface area contributed by atoms with E-state index in [0.717, 1.165) is 25.9 Å². The molecule has 0 radical (unpaired) electrons. The summed E-state index contributed by atoms with van der Waals surface area (Å²) in [6.07, 6.45) is 4.67. The van der Waals surface area contributed by atoms with Crippen molar-refractivity contribution in [2.75, 3.05) is 6.54 Å². The number of hydrogen-bond acceptors (Lipinski definition) is 2. The van der Waals surface area contributed by atoms with Crippen molar-refractivity contribution in [3.8, 4) is 0 Å². The molecule has 2 heteroatoms. The molecule has 2 nitrogen and oxygen atoms in total. The summed E-state index contributed by atoms with van der Waals surface area (Å²) in [5.74, 6) is 0. The molecule has 0 aliphatic heterocycles. The molecule has 0 fully saturated rings. The molecule has 0 unspecified atom stereocenters. The van der Waals surface area contributed by atoms with Gasteiger partial charge in [0, 0.05) is 18.6 Å². The molecule has 1 rings (SSSR count). The van der Waals surface area contributed by atoms with Gasteiger partial charge in [-0.2, -0.15) is 0 Å². The largest absolute Gasteiger partial charge is 0.329 e. The van der Waals surface area contributed by atoms with Crippen LogP contribution in [0.1, 0.15) is 45.1 Å². The van der Waals surface area contributed by atoms with E-state index in [-0.39, 0.29) is 5.54 Å². The minimum absolute atomic E-state index is 0.124. The first kappa shape index (κ1) is 14.2. The number of rotatable bonds is 8. The Hall–Kier alpha value is -0.860. The van der Waals surface area contributed by atoms with Gasteiger partial charge in [0.15, 0.2) is 0 Å². The van der Waals surface area contributed by atoms with Gasteiger partial charge >= 0.3 is 0 Å². The lowest BCUT2D eigenvalue weighted by Gasteiger charge is -2.33. The van der Waals surface area contributed by atoms with Gasteiger partial charge in [-0.05, 0) is 18.4 Å². The van der Waals surface area contributed by atoms with Crippen LogP contribution < -0.4 is 11.1 Å². The number of benzene rings is 1. The Morgan fingerprint density at radius 3 is 2.12 bits per heavy atom. The summed E-state index contributed by atoms with van der Waals surface area (Å²) in [5.41, 5.74) is 7.44. The molecule has 0 atom stereocenters. The predicted octanol–water partition coefficient (Wildman–Crippen LogP) is 3.07. The van der Waals surface area contributed by atoms with Gasteiger partial charge in [0.2, 0.25) is 0 Å². The molecule has 0 aromatic heterocycles. The van der Waals surface area contributed by atoms with Crippen LogP contribution in [-0.2, 0) is 6.54 Å². The van der Waals surface area contributed by atoms with Crippen molar-refractivity contribution in [1.82, 2.24) is 5.32 Å². The summed E-state index contributed by atoms with van der Waals surface area (Å²) in [6, 6.07) is 10.5. The average Bonchev–Trinajstić information content (AvgIpc) is 2.38. The van der Waals surface area contributed by atoms with E-state index in [1.807, 2.05) is 0 Å². The Morgan fingerprint density at radius 2 is 1.65 bits per heavy atom. The maximum absolute atomic E-state index is 5.98. The van der Waals surface area contributed by atoms with E-state index in [2.05, 4.69) is 49.5 Å². The van der Waals surface area contributed by atoms with Gasteiger partial charge in [0.1, 0.15) is 0 Å². The van der Waals surface area contributed by atoms with Gasteiger partial charge in [-0.1, -0.05) is 57.0 Å². The first-order chi connectivity index (χ1) is 8.26. The van der Waals surface area contributed by atoms with Gasteiger partial charge in [-0.3, -0.25) is 0 Å². The molecule has 0 aliphatic rings. The summed E-state index contributed by atoms with van der Waals surface area (Å²) in [5, 5.41) is 3.68. The third-order valence-corrected chi connectivity index (χ3v) is 3.36. The van der Waals surface area contributed by atoms with E-state index in [1.54, 1.807) is 0 Å². The maximum Gasteiger partial charge on any atom is 0.0306 e. The summed E-state index contributed by atoms with van der Waals surface area (Å²) >= 11 is 0. The van der Waals surface area contributed by atoms with Crippen molar-refractivity contribution in [2.45, 2.75) is 51.6 Å². The van der Waals surface area contributed by atoms with Gasteiger partial charge < -0.3 is 11.1 Å². The minimum atomic E-state index is 0.124. The van der Waals surface area contributed by atoms with Crippen LogP contribution in [0.2, 0.25) is 0 Å². The third-order valence-electron chi connectivity index (χ3n) is 3.36. The summed E-state index contributed by atoms with van der Waals surface area (Å²) in [7, 11) is 0. The molecule has 0 saturated carbocycles. The molecular formula is C15H26N2. The van der Waals surface area contributed by atoms with Crippen LogP contribution in [0.15, 0.2) is 30.3 Å². The lowest BCUT2D eigenvalue weighted by molar-refractivity contribution is 0.280. The average molecular weight is 234 g/mol. The molecule has 3 N–H and O–H groups in total. The number of hydrogen-bond donors (Lipinski definition) is 2. The SMILES string of the molecule is CCCC(CN)(CCC)NCc1ccccc1. The smallest absolute Gasteiger partial charge is 0.0306 e. The quantitative estimate of drug-likeness (QED) is 0.725. The molecule has 1 aromatic carbocycles. The summed E-state index contributed by atoms with van der Waals surface area (Å²) in [6.45, 7) is 6.09. The summed E-state index contributed by atoms with van der Waals surface area (Å²) < 4.78 is 0. The van der Waals surface area contributed by atoms with Gasteiger partial charge in [0.25, 0.3) is 0 Å². The third kappa shape index (κ3) is 4.49. The maximum atomic E-state index is 5.98. The van der Waals surface area contributed by atoms with Gasteiger partial charge in [0.05, 0.1) is 0 Å². The van der Waals surface area contributed by atoms with Crippen LogP contribution in [0.3, 0.4) is 0 Å². The van der Waals surface area contributed by atoms with E-state index in [1.165, 1.54) is 18.4 Å². The van der Waals surface area contributed by atoms with E-state index < -0.39 is 0 Å². The predicted molar refractivity (Wildman–Crippen MR) is 74.9 cm³/mol. The van der Waals surface area contributed by atoms with Crippen molar-refractivity contribution in [2.24, 2.45) is 5.73 Å². The monoisotopic (exact) mass is 234 g/mol. The Morgan fingerprint density at radius 1 is 1.06 bits per heavy atom. The van der Waals surface area contributed by atoms with Crippen LogP contribution >= 0.6 is 0 Å². The molecule has 0 saturated heterocycles. The lowest BCUT2D eigenvalue weighted by atomic mass is 9.88. The van der Waals surface area contributed by atoms with E-state index >= 15 is 0 Å². The van der Waals surface area contributed by atoms with Crippen LogP contribution in [0, 0.1) is 0 Å². The number of nitrogens with one attached hydrogen (secondary N) is 1. The Balaban J connectivity index is 2.59. The van der Waals surface area contributed by atoms with Gasteiger partial charge in [-0.25, -0.2) is 0 Å². The van der Waals surface area contributed by atoms with E-state index in [4.69, 9.17) is 5.73 Å². The molecular weight excluding hydrogens is 208 g/mol. The molecule has 0 bridgehead atoms. The second kappa shape index (κ2) is 7.46. The summed E-state index contributed by atoms with van der Waals surface area (Å²) in [4.78, 5) is 0.